The molecular formula is C13H14O5. The Balaban J connectivity index is 1.80. The van der Waals surface area contributed by atoms with Gasteiger partial charge in [-0.15, -0.1) is 0 Å². The molecule has 0 bridgehead atoms. The van der Waals surface area contributed by atoms with Crippen LogP contribution in [0.4, 0.5) is 0 Å². The van der Waals surface area contributed by atoms with Crippen LogP contribution >= 0.6 is 0 Å². The normalized spacial score (nSPS) is 54.7. The number of aliphatic hydroxyl groups excluding tert-OH is 1. The molecule has 3 aliphatic heterocycles. The number of aliphatic hydroxyl groups is 1. The topological polar surface area (TPSA) is 65.0 Å². The van der Waals surface area contributed by atoms with E-state index in [2.05, 4.69) is 0 Å². The molecule has 18 heavy (non-hydrogen) atoms. The molecule has 3 saturated heterocycles. The lowest BCUT2D eigenvalue weighted by Crippen LogP contribution is -2.45. The molecule has 0 unspecified atom stereocenters. The summed E-state index contributed by atoms with van der Waals surface area (Å²) in [6.07, 6.45) is 4.49. The molecule has 5 nitrogen and oxygen atoms in total. The predicted octanol–water partition coefficient (Wildman–Crippen LogP) is 0.494. The number of ether oxygens (including phenoxy) is 3. The van der Waals surface area contributed by atoms with Crippen molar-refractivity contribution in [2.24, 2.45) is 11.8 Å². The highest BCUT2D eigenvalue weighted by atomic mass is 16.8. The van der Waals surface area contributed by atoms with E-state index in [1.54, 1.807) is 13.0 Å². The summed E-state index contributed by atoms with van der Waals surface area (Å²) in [5, 5.41) is 9.65. The summed E-state index contributed by atoms with van der Waals surface area (Å²) in [6, 6.07) is 0. The van der Waals surface area contributed by atoms with E-state index in [1.165, 1.54) is 0 Å². The van der Waals surface area contributed by atoms with Crippen molar-refractivity contribution in [3.8, 4) is 0 Å². The molecule has 0 aromatic heterocycles. The highest BCUT2D eigenvalue weighted by Gasteiger charge is 2.69. The van der Waals surface area contributed by atoms with Gasteiger partial charge in [-0.3, -0.25) is 0 Å². The first-order valence-electron chi connectivity index (χ1n) is 6.23. The summed E-state index contributed by atoms with van der Waals surface area (Å²) in [7, 11) is 0. The first-order valence-corrected chi connectivity index (χ1v) is 6.23. The van der Waals surface area contributed by atoms with E-state index in [0.29, 0.717) is 12.0 Å². The fraction of sp³-hybridized carbons (Fsp3) is 0.615. The largest absolute Gasteiger partial charge is 0.448 e. The Morgan fingerprint density at radius 3 is 3.11 bits per heavy atom. The molecule has 1 N–H and O–H groups in total. The second-order valence-corrected chi connectivity index (χ2v) is 5.25. The van der Waals surface area contributed by atoms with Crippen molar-refractivity contribution < 1.29 is 24.1 Å². The molecule has 3 heterocycles. The third-order valence-corrected chi connectivity index (χ3v) is 4.42. The van der Waals surface area contributed by atoms with Gasteiger partial charge in [0.15, 0.2) is 18.2 Å². The number of allylic oxidation sites excluding steroid dienone is 2. The number of carbonyl (C=O) groups excluding carboxylic acids is 1. The second kappa shape index (κ2) is 3.23. The van der Waals surface area contributed by atoms with Gasteiger partial charge < -0.3 is 19.3 Å². The van der Waals surface area contributed by atoms with E-state index in [4.69, 9.17) is 14.2 Å². The number of rotatable bonds is 0. The van der Waals surface area contributed by atoms with Crippen LogP contribution in [0.3, 0.4) is 0 Å². The molecule has 1 spiro atoms. The minimum absolute atomic E-state index is 0.0349. The Morgan fingerprint density at radius 2 is 2.33 bits per heavy atom. The van der Waals surface area contributed by atoms with Crippen LogP contribution in [0.25, 0.3) is 0 Å². The third kappa shape index (κ3) is 1.06. The number of esters is 1. The molecule has 0 aromatic carbocycles. The number of hydrogen-bond acceptors (Lipinski definition) is 5. The molecule has 0 saturated carbocycles. The molecule has 4 aliphatic rings. The van der Waals surface area contributed by atoms with E-state index in [-0.39, 0.29) is 17.8 Å². The fourth-order valence-corrected chi connectivity index (χ4v) is 3.69. The maximum absolute atomic E-state index is 11.8. The molecule has 6 atom stereocenters. The maximum Gasteiger partial charge on any atom is 0.337 e. The van der Waals surface area contributed by atoms with E-state index in [0.717, 1.165) is 0 Å². The van der Waals surface area contributed by atoms with Gasteiger partial charge in [-0.25, -0.2) is 4.79 Å². The van der Waals surface area contributed by atoms with E-state index < -0.39 is 24.3 Å². The van der Waals surface area contributed by atoms with Crippen molar-refractivity contribution in [3.05, 3.63) is 23.8 Å². The van der Waals surface area contributed by atoms with Crippen LogP contribution in [-0.2, 0) is 19.0 Å². The monoisotopic (exact) mass is 250 g/mol. The van der Waals surface area contributed by atoms with Gasteiger partial charge in [0.2, 0.25) is 0 Å². The Kier molecular flexibility index (Phi) is 1.92. The average molecular weight is 250 g/mol. The van der Waals surface area contributed by atoms with Gasteiger partial charge in [0.05, 0.1) is 11.5 Å². The van der Waals surface area contributed by atoms with Gasteiger partial charge in [0.1, 0.15) is 6.10 Å². The van der Waals surface area contributed by atoms with Gasteiger partial charge in [0, 0.05) is 6.42 Å². The van der Waals surface area contributed by atoms with Crippen molar-refractivity contribution in [1.82, 2.24) is 0 Å². The summed E-state index contributed by atoms with van der Waals surface area (Å²) in [5.74, 6) is -0.197. The van der Waals surface area contributed by atoms with Gasteiger partial charge in [-0.05, 0) is 18.9 Å². The van der Waals surface area contributed by atoms with Gasteiger partial charge in [-0.2, -0.15) is 0 Å². The molecule has 1 aliphatic carbocycles. The summed E-state index contributed by atoms with van der Waals surface area (Å²) in [4.78, 5) is 11.8. The van der Waals surface area contributed by atoms with E-state index in [9.17, 15) is 9.90 Å². The lowest BCUT2D eigenvalue weighted by atomic mass is 9.80. The fourth-order valence-electron chi connectivity index (χ4n) is 3.69. The van der Waals surface area contributed by atoms with Crippen LogP contribution < -0.4 is 0 Å². The van der Waals surface area contributed by atoms with Crippen molar-refractivity contribution in [3.63, 3.8) is 0 Å². The zero-order chi connectivity index (χ0) is 12.5. The van der Waals surface area contributed by atoms with Crippen LogP contribution in [0.5, 0.6) is 0 Å². The highest BCUT2D eigenvalue weighted by molar-refractivity contribution is 5.93. The molecule has 0 amide bonds. The first kappa shape index (κ1) is 10.7. The molecule has 0 radical (unpaired) electrons. The van der Waals surface area contributed by atoms with Crippen LogP contribution in [-0.4, -0.2) is 35.4 Å². The lowest BCUT2D eigenvalue weighted by Gasteiger charge is -2.35. The summed E-state index contributed by atoms with van der Waals surface area (Å²) in [6.45, 7) is 1.80. The van der Waals surface area contributed by atoms with Crippen LogP contribution in [0.2, 0.25) is 0 Å². The van der Waals surface area contributed by atoms with E-state index >= 15 is 0 Å². The zero-order valence-corrected chi connectivity index (χ0v) is 9.91. The quantitative estimate of drug-likeness (QED) is 0.385. The predicted molar refractivity (Wildman–Crippen MR) is 59.1 cm³/mol. The molecule has 5 heteroatoms. The first-order chi connectivity index (χ1) is 8.65. The van der Waals surface area contributed by atoms with Crippen molar-refractivity contribution in [2.45, 2.75) is 37.6 Å². The standard InChI is InChI=1S/C13H14O5/c1-2-7-10-13(18-11(7)15)4-3-6-5-8(14)16-12(17-10)9(6)13/h2-4,6,8-10,12,14H,5H2,1H3/b7-2-/t6-,8+,9-,10+,12-,13+/m0/s1. The van der Waals surface area contributed by atoms with Crippen LogP contribution in [0.1, 0.15) is 13.3 Å². The Labute approximate surface area is 104 Å². The lowest BCUT2D eigenvalue weighted by molar-refractivity contribution is -0.263. The Morgan fingerprint density at radius 1 is 1.50 bits per heavy atom. The zero-order valence-electron chi connectivity index (χ0n) is 9.91. The second-order valence-electron chi connectivity index (χ2n) is 5.25. The van der Waals surface area contributed by atoms with Crippen molar-refractivity contribution in [1.29, 1.82) is 0 Å². The van der Waals surface area contributed by atoms with Gasteiger partial charge in [0.25, 0.3) is 0 Å². The Hall–Kier alpha value is -1.17. The molecule has 3 fully saturated rings. The van der Waals surface area contributed by atoms with Gasteiger partial charge >= 0.3 is 5.97 Å². The summed E-state index contributed by atoms with van der Waals surface area (Å²) >= 11 is 0. The van der Waals surface area contributed by atoms with Gasteiger partial charge in [-0.1, -0.05) is 12.2 Å². The highest BCUT2D eigenvalue weighted by Crippen LogP contribution is 2.57. The minimum Gasteiger partial charge on any atom is -0.448 e. The summed E-state index contributed by atoms with van der Waals surface area (Å²) < 4.78 is 16.8. The average Bonchev–Trinajstić information content (AvgIpc) is 2.89. The van der Waals surface area contributed by atoms with Crippen molar-refractivity contribution in [2.75, 3.05) is 0 Å². The third-order valence-electron chi connectivity index (χ3n) is 4.42. The minimum atomic E-state index is -0.806. The van der Waals surface area contributed by atoms with Crippen LogP contribution in [0, 0.1) is 11.8 Å². The van der Waals surface area contributed by atoms with Crippen LogP contribution in [0.15, 0.2) is 23.8 Å². The Bertz CT molecular complexity index is 482. The van der Waals surface area contributed by atoms with E-state index in [1.807, 2.05) is 12.2 Å². The molecule has 4 rings (SSSR count). The SMILES string of the molecule is C/C=C1\C(=O)O[C@@]23C=C[C@H]4C[C@H](O)O[C@@H](O[C@H]12)[C@H]43. The smallest absolute Gasteiger partial charge is 0.337 e. The number of carbonyl (C=O) groups is 1. The number of hydrogen-bond donors (Lipinski definition) is 1. The molecular weight excluding hydrogens is 236 g/mol. The maximum atomic E-state index is 11.8. The molecule has 96 valence electrons. The molecule has 0 aromatic rings. The van der Waals surface area contributed by atoms with Crippen molar-refractivity contribution >= 4 is 5.97 Å². The summed E-state index contributed by atoms with van der Waals surface area (Å²) in [5.41, 5.74) is -0.165.